The first kappa shape index (κ1) is 14.0. The molecule has 0 aromatic heterocycles. The molecular weight excluding hydrogens is 338 g/mol. The lowest BCUT2D eigenvalue weighted by atomic mass is 10.2. The maximum absolute atomic E-state index is 9.81. The normalized spacial score (nSPS) is 12.8. The summed E-state index contributed by atoms with van der Waals surface area (Å²) in [6.45, 7) is 2.74. The predicted octanol–water partition coefficient (Wildman–Crippen LogP) is 2.78. The number of hydrogen-bond donors (Lipinski definition) is 3. The van der Waals surface area contributed by atoms with Gasteiger partial charge in [0.05, 0.1) is 4.47 Å². The second-order valence-corrected chi connectivity index (χ2v) is 5.46. The number of rotatable bonds is 5. The molecule has 0 amide bonds. The number of phenols is 1. The lowest BCUT2D eigenvalue weighted by Crippen LogP contribution is -2.26. The number of aliphatic hydroxyl groups is 1. The van der Waals surface area contributed by atoms with Crippen LogP contribution in [0.15, 0.2) is 21.1 Å². The largest absolute Gasteiger partial charge is 0.506 e. The first-order valence-electron chi connectivity index (χ1n) is 5.05. The van der Waals surface area contributed by atoms with E-state index in [1.807, 2.05) is 13.0 Å². The zero-order valence-electron chi connectivity index (χ0n) is 9.00. The number of benzene rings is 1. The third-order valence-corrected chi connectivity index (χ3v) is 3.37. The first-order chi connectivity index (χ1) is 7.54. The van der Waals surface area contributed by atoms with E-state index in [9.17, 15) is 5.11 Å². The molecular formula is C11H15Br2NO2. The molecule has 0 unspecified atom stereocenters. The Balaban J connectivity index is 2.66. The molecule has 3 N–H and O–H groups in total. The van der Waals surface area contributed by atoms with Crippen LogP contribution in [0.4, 0.5) is 0 Å². The summed E-state index contributed by atoms with van der Waals surface area (Å²) < 4.78 is 1.59. The fourth-order valence-corrected chi connectivity index (χ4v) is 2.65. The van der Waals surface area contributed by atoms with Crippen molar-refractivity contribution in [2.75, 3.05) is 6.61 Å². The summed E-state index contributed by atoms with van der Waals surface area (Å²) in [5.41, 5.74) is 0.825. The van der Waals surface area contributed by atoms with Crippen LogP contribution in [0.3, 0.4) is 0 Å². The Morgan fingerprint density at radius 2 is 2.06 bits per heavy atom. The molecule has 0 saturated carbocycles. The fraction of sp³-hybridized carbons (Fsp3) is 0.455. The molecule has 90 valence electrons. The number of phenolic OH excluding ortho intramolecular Hbond substituents is 1. The van der Waals surface area contributed by atoms with Gasteiger partial charge in [-0.15, -0.1) is 0 Å². The van der Waals surface area contributed by atoms with Crippen molar-refractivity contribution in [1.29, 1.82) is 0 Å². The lowest BCUT2D eigenvalue weighted by Gasteiger charge is -2.14. The summed E-state index contributed by atoms with van der Waals surface area (Å²) in [4.78, 5) is 0. The van der Waals surface area contributed by atoms with E-state index in [-0.39, 0.29) is 18.4 Å². The number of aliphatic hydroxyl groups excluding tert-OH is 1. The van der Waals surface area contributed by atoms with E-state index in [0.29, 0.717) is 17.4 Å². The molecule has 0 fully saturated rings. The van der Waals surface area contributed by atoms with Crippen molar-refractivity contribution < 1.29 is 10.2 Å². The Morgan fingerprint density at radius 1 is 1.38 bits per heavy atom. The molecule has 0 aliphatic heterocycles. The van der Waals surface area contributed by atoms with Crippen LogP contribution in [0.1, 0.15) is 18.9 Å². The highest BCUT2D eigenvalue weighted by molar-refractivity contribution is 9.11. The van der Waals surface area contributed by atoms with Crippen LogP contribution in [-0.2, 0) is 6.54 Å². The van der Waals surface area contributed by atoms with Crippen LogP contribution in [0.2, 0.25) is 0 Å². The highest BCUT2D eigenvalue weighted by Crippen LogP contribution is 2.31. The van der Waals surface area contributed by atoms with Gasteiger partial charge in [0, 0.05) is 29.2 Å². The summed E-state index contributed by atoms with van der Waals surface area (Å²) >= 11 is 6.66. The minimum absolute atomic E-state index is 0.169. The van der Waals surface area contributed by atoms with Gasteiger partial charge in [0.25, 0.3) is 0 Å². The molecule has 0 bridgehead atoms. The number of aromatic hydroxyl groups is 1. The SMILES string of the molecule is C[C@H](CCO)NCc1cc(Br)cc(Br)c1O. The summed E-state index contributed by atoms with van der Waals surface area (Å²) in [5, 5.41) is 21.8. The summed E-state index contributed by atoms with van der Waals surface area (Å²) in [7, 11) is 0. The zero-order valence-corrected chi connectivity index (χ0v) is 12.2. The van der Waals surface area contributed by atoms with Crippen LogP contribution < -0.4 is 5.32 Å². The highest BCUT2D eigenvalue weighted by atomic mass is 79.9. The van der Waals surface area contributed by atoms with Gasteiger partial charge in [-0.2, -0.15) is 0 Å². The summed E-state index contributed by atoms with van der Waals surface area (Å²) in [6, 6.07) is 3.90. The molecule has 5 heteroatoms. The summed E-state index contributed by atoms with van der Waals surface area (Å²) in [5.74, 6) is 0.256. The predicted molar refractivity (Wildman–Crippen MR) is 71.5 cm³/mol. The van der Waals surface area contributed by atoms with Gasteiger partial charge in [0.2, 0.25) is 0 Å². The second kappa shape index (κ2) is 6.59. The number of nitrogens with one attached hydrogen (secondary N) is 1. The van der Waals surface area contributed by atoms with Crippen molar-refractivity contribution in [3.8, 4) is 5.75 Å². The monoisotopic (exact) mass is 351 g/mol. The van der Waals surface area contributed by atoms with Gasteiger partial charge < -0.3 is 15.5 Å². The molecule has 0 radical (unpaired) electrons. The number of halogens is 2. The Kier molecular flexibility index (Phi) is 5.75. The molecule has 3 nitrogen and oxygen atoms in total. The van der Waals surface area contributed by atoms with Gasteiger partial charge in [0.15, 0.2) is 0 Å². The molecule has 0 aliphatic carbocycles. The van der Waals surface area contributed by atoms with Gasteiger partial charge in [-0.05, 0) is 41.4 Å². The minimum atomic E-state index is 0.169. The Morgan fingerprint density at radius 3 is 2.69 bits per heavy atom. The van der Waals surface area contributed by atoms with Gasteiger partial charge in [0.1, 0.15) is 5.75 Å². The highest BCUT2D eigenvalue weighted by Gasteiger charge is 2.08. The molecule has 1 aromatic rings. The number of hydrogen-bond acceptors (Lipinski definition) is 3. The average Bonchev–Trinajstić information content (AvgIpc) is 2.21. The van der Waals surface area contributed by atoms with Crippen molar-refractivity contribution in [1.82, 2.24) is 5.32 Å². The fourth-order valence-electron chi connectivity index (χ4n) is 1.33. The Hall–Kier alpha value is -0.100. The van der Waals surface area contributed by atoms with Gasteiger partial charge in [-0.1, -0.05) is 15.9 Å². The standard InChI is InChI=1S/C11H15Br2NO2/c1-7(2-3-15)14-6-8-4-9(12)5-10(13)11(8)16/h4-5,7,14-16H,2-3,6H2,1H3/t7-/m1/s1. The van der Waals surface area contributed by atoms with Crippen molar-refractivity contribution in [2.45, 2.75) is 25.9 Å². The van der Waals surface area contributed by atoms with Crippen LogP contribution in [-0.4, -0.2) is 22.9 Å². The van der Waals surface area contributed by atoms with Crippen LogP contribution in [0, 0.1) is 0 Å². The first-order valence-corrected chi connectivity index (χ1v) is 6.64. The van der Waals surface area contributed by atoms with Gasteiger partial charge >= 0.3 is 0 Å². The van der Waals surface area contributed by atoms with Crippen molar-refractivity contribution in [3.63, 3.8) is 0 Å². The summed E-state index contributed by atoms with van der Waals surface area (Å²) in [6.07, 6.45) is 0.704. The molecule has 0 saturated heterocycles. The van der Waals surface area contributed by atoms with E-state index in [1.165, 1.54) is 0 Å². The molecule has 0 spiro atoms. The third-order valence-electron chi connectivity index (χ3n) is 2.31. The maximum atomic E-state index is 9.81. The van der Waals surface area contributed by atoms with E-state index in [4.69, 9.17) is 5.11 Å². The van der Waals surface area contributed by atoms with Gasteiger partial charge in [-0.3, -0.25) is 0 Å². The average molecular weight is 353 g/mol. The quantitative estimate of drug-likeness (QED) is 0.763. The topological polar surface area (TPSA) is 52.5 Å². The van der Waals surface area contributed by atoms with Crippen LogP contribution in [0.25, 0.3) is 0 Å². The maximum Gasteiger partial charge on any atom is 0.134 e. The Labute approximate surface area is 112 Å². The lowest BCUT2D eigenvalue weighted by molar-refractivity contribution is 0.268. The third kappa shape index (κ3) is 4.05. The van der Waals surface area contributed by atoms with Crippen LogP contribution in [0.5, 0.6) is 5.75 Å². The molecule has 16 heavy (non-hydrogen) atoms. The van der Waals surface area contributed by atoms with E-state index in [2.05, 4.69) is 37.2 Å². The van der Waals surface area contributed by atoms with Crippen molar-refractivity contribution >= 4 is 31.9 Å². The van der Waals surface area contributed by atoms with E-state index >= 15 is 0 Å². The molecule has 1 aromatic carbocycles. The Bertz CT molecular complexity index is 358. The van der Waals surface area contributed by atoms with E-state index in [1.54, 1.807) is 6.07 Å². The molecule has 1 rings (SSSR count). The van der Waals surface area contributed by atoms with Crippen molar-refractivity contribution in [2.24, 2.45) is 0 Å². The second-order valence-electron chi connectivity index (χ2n) is 3.69. The smallest absolute Gasteiger partial charge is 0.134 e. The van der Waals surface area contributed by atoms with Crippen LogP contribution >= 0.6 is 31.9 Å². The zero-order chi connectivity index (χ0) is 12.1. The molecule has 0 heterocycles. The van der Waals surface area contributed by atoms with Crippen molar-refractivity contribution in [3.05, 3.63) is 26.6 Å². The minimum Gasteiger partial charge on any atom is -0.506 e. The molecule has 1 atom stereocenters. The molecule has 0 aliphatic rings. The van der Waals surface area contributed by atoms with Gasteiger partial charge in [-0.25, -0.2) is 0 Å². The van der Waals surface area contributed by atoms with E-state index < -0.39 is 0 Å². The van der Waals surface area contributed by atoms with E-state index in [0.717, 1.165) is 10.0 Å².